The molecule has 1 unspecified atom stereocenters. The Labute approximate surface area is 158 Å². The standard InChI is InChI=1S/C19H15F3O2S2/c1-12(26-18(25)15-5-3-2-4-6-15)13-7-9-14(10-8-13)16(23)11-17(24)19(20,21)22/h2-10,12H,11H2,1H3. The molecule has 0 bridgehead atoms. The predicted molar refractivity (Wildman–Crippen MR) is 101 cm³/mol. The number of alkyl halides is 3. The van der Waals surface area contributed by atoms with Crippen LogP contribution in [-0.2, 0) is 4.79 Å². The van der Waals surface area contributed by atoms with Crippen LogP contribution in [0.15, 0.2) is 54.6 Å². The summed E-state index contributed by atoms with van der Waals surface area (Å²) in [5.41, 5.74) is 1.90. The van der Waals surface area contributed by atoms with Crippen LogP contribution in [0.4, 0.5) is 13.2 Å². The lowest BCUT2D eigenvalue weighted by Gasteiger charge is -2.13. The molecule has 0 heterocycles. The lowest BCUT2D eigenvalue weighted by molar-refractivity contribution is -0.170. The van der Waals surface area contributed by atoms with Crippen LogP contribution < -0.4 is 0 Å². The molecule has 2 aromatic rings. The summed E-state index contributed by atoms with van der Waals surface area (Å²) in [5, 5.41) is 0.00339. The number of thiocarbonyl (C=S) groups is 1. The van der Waals surface area contributed by atoms with Crippen LogP contribution in [-0.4, -0.2) is 21.9 Å². The summed E-state index contributed by atoms with van der Waals surface area (Å²) in [6.45, 7) is 1.95. The number of carbonyl (C=O) groups is 2. The fourth-order valence-corrected chi connectivity index (χ4v) is 3.61. The molecule has 2 aromatic carbocycles. The van der Waals surface area contributed by atoms with Gasteiger partial charge in [0, 0.05) is 10.8 Å². The molecular formula is C19H15F3O2S2. The number of carbonyl (C=O) groups excluding carboxylic acids is 2. The van der Waals surface area contributed by atoms with E-state index in [1.54, 1.807) is 12.1 Å². The molecule has 2 rings (SSSR count). The van der Waals surface area contributed by atoms with E-state index in [0.29, 0.717) is 0 Å². The molecule has 0 amide bonds. The van der Waals surface area contributed by atoms with Crippen LogP contribution in [0.25, 0.3) is 0 Å². The van der Waals surface area contributed by atoms with Crippen molar-refractivity contribution >= 4 is 39.7 Å². The molecule has 2 nitrogen and oxygen atoms in total. The Morgan fingerprint density at radius 1 is 1.00 bits per heavy atom. The van der Waals surface area contributed by atoms with Gasteiger partial charge >= 0.3 is 6.18 Å². The van der Waals surface area contributed by atoms with E-state index in [1.165, 1.54) is 23.9 Å². The quantitative estimate of drug-likeness (QED) is 0.364. The topological polar surface area (TPSA) is 34.1 Å². The third kappa shape index (κ3) is 5.51. The van der Waals surface area contributed by atoms with E-state index < -0.39 is 24.2 Å². The minimum atomic E-state index is -4.99. The molecule has 0 spiro atoms. The summed E-state index contributed by atoms with van der Waals surface area (Å²) < 4.78 is 37.5. The summed E-state index contributed by atoms with van der Waals surface area (Å²) in [5.74, 6) is -2.89. The summed E-state index contributed by atoms with van der Waals surface area (Å²) in [7, 11) is 0. The number of Topliss-reactive ketones (excluding diaryl/α,β-unsaturated/α-hetero) is 2. The number of hydrogen-bond donors (Lipinski definition) is 0. The van der Waals surface area contributed by atoms with E-state index in [-0.39, 0.29) is 10.8 Å². The molecule has 0 radical (unpaired) electrons. The molecule has 0 aliphatic rings. The van der Waals surface area contributed by atoms with Crippen molar-refractivity contribution in [3.05, 3.63) is 71.3 Å². The van der Waals surface area contributed by atoms with Crippen molar-refractivity contribution in [1.82, 2.24) is 0 Å². The van der Waals surface area contributed by atoms with Crippen LogP contribution >= 0.6 is 24.0 Å². The number of halogens is 3. The highest BCUT2D eigenvalue weighted by Gasteiger charge is 2.39. The molecule has 0 N–H and O–H groups in total. The maximum atomic E-state index is 12.2. The third-order valence-corrected chi connectivity index (χ3v) is 5.23. The van der Waals surface area contributed by atoms with Gasteiger partial charge in [-0.25, -0.2) is 0 Å². The minimum Gasteiger partial charge on any atom is -0.294 e. The number of benzene rings is 2. The minimum absolute atomic E-state index is 0.00339. The van der Waals surface area contributed by atoms with Crippen LogP contribution in [0, 0.1) is 0 Å². The largest absolute Gasteiger partial charge is 0.450 e. The van der Waals surface area contributed by atoms with Crippen LogP contribution in [0.5, 0.6) is 0 Å². The van der Waals surface area contributed by atoms with E-state index in [9.17, 15) is 22.8 Å². The van der Waals surface area contributed by atoms with Gasteiger partial charge in [0.25, 0.3) is 0 Å². The molecule has 0 fully saturated rings. The van der Waals surface area contributed by atoms with Gasteiger partial charge < -0.3 is 0 Å². The van der Waals surface area contributed by atoms with Crippen LogP contribution in [0.1, 0.15) is 40.1 Å². The average Bonchev–Trinajstić information content (AvgIpc) is 2.61. The van der Waals surface area contributed by atoms with Gasteiger partial charge in [-0.1, -0.05) is 66.8 Å². The van der Waals surface area contributed by atoms with Crippen molar-refractivity contribution in [2.75, 3.05) is 0 Å². The molecule has 136 valence electrons. The monoisotopic (exact) mass is 396 g/mol. The first-order chi connectivity index (χ1) is 12.2. The molecule has 26 heavy (non-hydrogen) atoms. The van der Waals surface area contributed by atoms with E-state index in [0.717, 1.165) is 15.3 Å². The van der Waals surface area contributed by atoms with Crippen molar-refractivity contribution < 1.29 is 22.8 Å². The molecular weight excluding hydrogens is 381 g/mol. The van der Waals surface area contributed by atoms with Crippen molar-refractivity contribution in [2.24, 2.45) is 0 Å². The molecule has 0 saturated carbocycles. The lowest BCUT2D eigenvalue weighted by atomic mass is 10.0. The van der Waals surface area contributed by atoms with Crippen LogP contribution in [0.2, 0.25) is 0 Å². The molecule has 0 aliphatic heterocycles. The molecule has 0 aromatic heterocycles. The fourth-order valence-electron chi connectivity index (χ4n) is 2.16. The second-order valence-electron chi connectivity index (χ2n) is 5.56. The molecule has 1 atom stereocenters. The summed E-state index contributed by atoms with van der Waals surface area (Å²) in [6, 6.07) is 15.7. The Bertz CT molecular complexity index is 800. The summed E-state index contributed by atoms with van der Waals surface area (Å²) in [6.07, 6.45) is -6.17. The highest BCUT2D eigenvalue weighted by atomic mass is 32.2. The van der Waals surface area contributed by atoms with Crippen molar-refractivity contribution in [1.29, 1.82) is 0 Å². The van der Waals surface area contributed by atoms with Crippen LogP contribution in [0.3, 0.4) is 0 Å². The fraction of sp³-hybridized carbons (Fsp3) is 0.211. The number of ketones is 2. The van der Waals surface area contributed by atoms with E-state index in [2.05, 4.69) is 0 Å². The van der Waals surface area contributed by atoms with Gasteiger partial charge in [-0.15, -0.1) is 11.8 Å². The number of thioether (sulfide) groups is 1. The zero-order valence-electron chi connectivity index (χ0n) is 13.7. The second-order valence-corrected chi connectivity index (χ2v) is 7.57. The Balaban J connectivity index is 2.01. The van der Waals surface area contributed by atoms with Crippen molar-refractivity contribution in [3.63, 3.8) is 0 Å². The zero-order valence-corrected chi connectivity index (χ0v) is 15.4. The Hall–Kier alpha value is -1.99. The Morgan fingerprint density at radius 3 is 2.12 bits per heavy atom. The highest BCUT2D eigenvalue weighted by molar-refractivity contribution is 8.23. The Kier molecular flexibility index (Phi) is 6.72. The van der Waals surface area contributed by atoms with E-state index in [1.807, 2.05) is 37.3 Å². The SMILES string of the molecule is CC(SC(=S)c1ccccc1)c1ccc(C(=O)CC(=O)C(F)(F)F)cc1. The van der Waals surface area contributed by atoms with Gasteiger partial charge in [-0.3, -0.25) is 9.59 Å². The normalized spacial score (nSPS) is 12.5. The van der Waals surface area contributed by atoms with Crippen molar-refractivity contribution in [2.45, 2.75) is 24.8 Å². The zero-order chi connectivity index (χ0) is 19.3. The summed E-state index contributed by atoms with van der Waals surface area (Å²) in [4.78, 5) is 22.7. The van der Waals surface area contributed by atoms with E-state index in [4.69, 9.17) is 12.2 Å². The predicted octanol–water partition coefficient (Wildman–Crippen LogP) is 5.56. The lowest BCUT2D eigenvalue weighted by Crippen LogP contribution is -2.25. The van der Waals surface area contributed by atoms with E-state index >= 15 is 0 Å². The van der Waals surface area contributed by atoms with Gasteiger partial charge in [0.05, 0.1) is 10.6 Å². The molecule has 0 aliphatic carbocycles. The maximum absolute atomic E-state index is 12.2. The molecule has 0 saturated heterocycles. The van der Waals surface area contributed by atoms with Gasteiger partial charge in [-0.05, 0) is 18.1 Å². The second kappa shape index (κ2) is 8.60. The third-order valence-electron chi connectivity index (χ3n) is 3.63. The smallest absolute Gasteiger partial charge is 0.294 e. The van der Waals surface area contributed by atoms with Crippen molar-refractivity contribution in [3.8, 4) is 0 Å². The molecule has 7 heteroatoms. The van der Waals surface area contributed by atoms with Gasteiger partial charge in [-0.2, -0.15) is 13.2 Å². The number of rotatable bonds is 6. The first kappa shape index (κ1) is 20.3. The summed E-state index contributed by atoms with van der Waals surface area (Å²) >= 11 is 6.89. The van der Waals surface area contributed by atoms with Gasteiger partial charge in [0.2, 0.25) is 5.78 Å². The highest BCUT2D eigenvalue weighted by Crippen LogP contribution is 2.32. The van der Waals surface area contributed by atoms with Gasteiger partial charge in [0.1, 0.15) is 0 Å². The maximum Gasteiger partial charge on any atom is 0.450 e. The Morgan fingerprint density at radius 2 is 1.58 bits per heavy atom. The first-order valence-electron chi connectivity index (χ1n) is 7.67. The number of hydrogen-bond acceptors (Lipinski definition) is 4. The average molecular weight is 396 g/mol. The van der Waals surface area contributed by atoms with Gasteiger partial charge in [0.15, 0.2) is 5.78 Å². The first-order valence-corrected chi connectivity index (χ1v) is 8.96.